The van der Waals surface area contributed by atoms with Gasteiger partial charge in [-0.2, -0.15) is 0 Å². The van der Waals surface area contributed by atoms with Crippen molar-refractivity contribution in [3.8, 4) is 0 Å². The van der Waals surface area contributed by atoms with Crippen molar-refractivity contribution in [2.75, 3.05) is 27.2 Å². The van der Waals surface area contributed by atoms with Crippen LogP contribution >= 0.6 is 11.6 Å². The van der Waals surface area contributed by atoms with Crippen LogP contribution in [0.15, 0.2) is 23.1 Å². The van der Waals surface area contributed by atoms with Gasteiger partial charge >= 0.3 is 5.97 Å². The molecule has 106 valence electrons. The zero-order valence-electron chi connectivity index (χ0n) is 10.6. The van der Waals surface area contributed by atoms with Gasteiger partial charge in [0.1, 0.15) is 0 Å². The van der Waals surface area contributed by atoms with Crippen molar-refractivity contribution in [1.82, 2.24) is 10.0 Å². The molecular weight excluding hydrogens is 292 g/mol. The maximum atomic E-state index is 12.0. The number of benzene rings is 1. The molecule has 0 heterocycles. The van der Waals surface area contributed by atoms with Gasteiger partial charge in [0.05, 0.1) is 17.6 Å². The van der Waals surface area contributed by atoms with Crippen LogP contribution in [0.25, 0.3) is 0 Å². The van der Waals surface area contributed by atoms with Crippen molar-refractivity contribution in [1.29, 1.82) is 0 Å². The summed E-state index contributed by atoms with van der Waals surface area (Å²) >= 11 is 5.81. The van der Waals surface area contributed by atoms with E-state index in [1.165, 1.54) is 25.3 Å². The number of methoxy groups -OCH3 is 1. The molecule has 0 unspecified atom stereocenters. The number of carbonyl (C=O) groups excluding carboxylic acids is 1. The van der Waals surface area contributed by atoms with Gasteiger partial charge in [-0.3, -0.25) is 0 Å². The second-order valence-corrected chi connectivity index (χ2v) is 5.87. The summed E-state index contributed by atoms with van der Waals surface area (Å²) in [5.41, 5.74) is 0.0870. The summed E-state index contributed by atoms with van der Waals surface area (Å²) in [5, 5.41) is 2.96. The fourth-order valence-corrected chi connectivity index (χ4v) is 2.75. The van der Waals surface area contributed by atoms with E-state index in [0.717, 1.165) is 0 Å². The second kappa shape index (κ2) is 6.85. The molecule has 0 spiro atoms. The zero-order chi connectivity index (χ0) is 14.5. The van der Waals surface area contributed by atoms with Crippen LogP contribution in [-0.4, -0.2) is 41.6 Å². The van der Waals surface area contributed by atoms with Crippen LogP contribution in [0.3, 0.4) is 0 Å². The van der Waals surface area contributed by atoms with Gasteiger partial charge in [-0.1, -0.05) is 11.6 Å². The smallest absolute Gasteiger partial charge is 0.337 e. The molecule has 0 fully saturated rings. The molecule has 0 saturated heterocycles. The second-order valence-electron chi connectivity index (χ2n) is 3.67. The van der Waals surface area contributed by atoms with Crippen LogP contribution in [0.5, 0.6) is 0 Å². The molecule has 1 aromatic carbocycles. The van der Waals surface area contributed by atoms with E-state index in [0.29, 0.717) is 6.54 Å². The summed E-state index contributed by atoms with van der Waals surface area (Å²) in [7, 11) is -0.779. The Morgan fingerprint density at radius 1 is 1.32 bits per heavy atom. The minimum absolute atomic E-state index is 0.0727. The molecule has 0 aliphatic carbocycles. The fourth-order valence-electron chi connectivity index (χ4n) is 1.35. The Morgan fingerprint density at radius 2 is 2.00 bits per heavy atom. The van der Waals surface area contributed by atoms with E-state index in [2.05, 4.69) is 14.8 Å². The zero-order valence-corrected chi connectivity index (χ0v) is 12.1. The molecule has 0 aliphatic rings. The van der Waals surface area contributed by atoms with Crippen molar-refractivity contribution in [3.05, 3.63) is 28.8 Å². The van der Waals surface area contributed by atoms with Crippen LogP contribution in [0.4, 0.5) is 0 Å². The van der Waals surface area contributed by atoms with Crippen molar-refractivity contribution >= 4 is 27.6 Å². The van der Waals surface area contributed by atoms with E-state index in [1.807, 2.05) is 0 Å². The highest BCUT2D eigenvalue weighted by molar-refractivity contribution is 7.89. The van der Waals surface area contributed by atoms with Crippen LogP contribution < -0.4 is 10.0 Å². The number of likely N-dealkylation sites (N-methyl/N-ethyl adjacent to an activating group) is 1. The molecular formula is C11H15ClN2O4S. The molecule has 1 aromatic rings. The molecule has 8 heteroatoms. The Kier molecular flexibility index (Phi) is 5.74. The molecule has 19 heavy (non-hydrogen) atoms. The summed E-state index contributed by atoms with van der Waals surface area (Å²) in [6.45, 7) is 0.725. The van der Waals surface area contributed by atoms with Crippen molar-refractivity contribution in [2.45, 2.75) is 4.90 Å². The molecule has 0 aromatic heterocycles. The number of hydrogen-bond acceptors (Lipinski definition) is 5. The SMILES string of the molecule is CNCCNS(=O)(=O)c1cc(Cl)cc(C(=O)OC)c1. The highest BCUT2D eigenvalue weighted by atomic mass is 35.5. The summed E-state index contributed by atoms with van der Waals surface area (Å²) in [4.78, 5) is 11.3. The predicted octanol–water partition coefficient (Wildman–Crippen LogP) is 0.624. The highest BCUT2D eigenvalue weighted by Crippen LogP contribution is 2.19. The van der Waals surface area contributed by atoms with Gasteiger partial charge in [-0.25, -0.2) is 17.9 Å². The lowest BCUT2D eigenvalue weighted by molar-refractivity contribution is 0.0600. The molecule has 0 radical (unpaired) electrons. The van der Waals surface area contributed by atoms with E-state index in [9.17, 15) is 13.2 Å². The minimum Gasteiger partial charge on any atom is -0.465 e. The Labute approximate surface area is 117 Å². The number of hydrogen-bond donors (Lipinski definition) is 2. The van der Waals surface area contributed by atoms with Gasteiger partial charge in [-0.15, -0.1) is 0 Å². The van der Waals surface area contributed by atoms with E-state index in [4.69, 9.17) is 11.6 Å². The fraction of sp³-hybridized carbons (Fsp3) is 0.364. The van der Waals surface area contributed by atoms with Gasteiger partial charge in [0.2, 0.25) is 10.0 Å². The van der Waals surface area contributed by atoms with Gasteiger partial charge < -0.3 is 10.1 Å². The monoisotopic (exact) mass is 306 g/mol. The number of sulfonamides is 1. The van der Waals surface area contributed by atoms with E-state index >= 15 is 0 Å². The number of ether oxygens (including phenoxy) is 1. The first kappa shape index (κ1) is 15.9. The number of nitrogens with one attached hydrogen (secondary N) is 2. The first-order valence-electron chi connectivity index (χ1n) is 5.44. The molecule has 6 nitrogen and oxygen atoms in total. The van der Waals surface area contributed by atoms with E-state index < -0.39 is 16.0 Å². The highest BCUT2D eigenvalue weighted by Gasteiger charge is 2.17. The number of esters is 1. The molecule has 2 N–H and O–H groups in total. The number of halogens is 1. The standard InChI is InChI=1S/C11H15ClN2O4S/c1-13-3-4-14-19(16,17)10-6-8(11(15)18-2)5-9(12)7-10/h5-7,13-14H,3-4H2,1-2H3. The third kappa shape index (κ3) is 4.46. The maximum Gasteiger partial charge on any atom is 0.337 e. The quantitative estimate of drug-likeness (QED) is 0.595. The topological polar surface area (TPSA) is 84.5 Å². The number of carbonyl (C=O) groups is 1. The Hall–Kier alpha value is -1.15. The van der Waals surface area contributed by atoms with Crippen molar-refractivity contribution < 1.29 is 17.9 Å². The number of rotatable bonds is 6. The Morgan fingerprint density at radius 3 is 2.58 bits per heavy atom. The summed E-state index contributed by atoms with van der Waals surface area (Å²) < 4.78 is 30.9. The molecule has 0 bridgehead atoms. The third-order valence-electron chi connectivity index (χ3n) is 2.27. The van der Waals surface area contributed by atoms with Gasteiger partial charge in [-0.05, 0) is 25.2 Å². The largest absolute Gasteiger partial charge is 0.465 e. The average Bonchev–Trinajstić information content (AvgIpc) is 2.37. The Balaban J connectivity index is 3.06. The molecule has 1 rings (SSSR count). The first-order chi connectivity index (χ1) is 8.90. The molecule has 0 aliphatic heterocycles. The third-order valence-corrected chi connectivity index (χ3v) is 3.93. The summed E-state index contributed by atoms with van der Waals surface area (Å²) in [5.74, 6) is -0.644. The van der Waals surface area contributed by atoms with E-state index in [-0.39, 0.29) is 22.0 Å². The lowest BCUT2D eigenvalue weighted by atomic mass is 10.2. The first-order valence-corrected chi connectivity index (χ1v) is 7.30. The van der Waals surface area contributed by atoms with Gasteiger partial charge in [0.15, 0.2) is 0 Å². The molecule has 0 saturated carbocycles. The lowest BCUT2D eigenvalue weighted by Crippen LogP contribution is -2.30. The minimum atomic E-state index is -3.70. The average molecular weight is 307 g/mol. The van der Waals surface area contributed by atoms with Crippen LogP contribution in [-0.2, 0) is 14.8 Å². The van der Waals surface area contributed by atoms with Crippen LogP contribution in [0.2, 0.25) is 5.02 Å². The van der Waals surface area contributed by atoms with Crippen molar-refractivity contribution in [3.63, 3.8) is 0 Å². The van der Waals surface area contributed by atoms with Gasteiger partial charge in [0.25, 0.3) is 0 Å². The van der Waals surface area contributed by atoms with Crippen LogP contribution in [0.1, 0.15) is 10.4 Å². The molecule has 0 atom stereocenters. The predicted molar refractivity (Wildman–Crippen MR) is 71.9 cm³/mol. The van der Waals surface area contributed by atoms with Crippen LogP contribution in [0, 0.1) is 0 Å². The lowest BCUT2D eigenvalue weighted by Gasteiger charge is -2.08. The van der Waals surface area contributed by atoms with E-state index in [1.54, 1.807) is 7.05 Å². The van der Waals surface area contributed by atoms with Gasteiger partial charge in [0, 0.05) is 18.1 Å². The maximum absolute atomic E-state index is 12.0. The molecule has 0 amide bonds. The summed E-state index contributed by atoms with van der Waals surface area (Å²) in [6.07, 6.45) is 0. The van der Waals surface area contributed by atoms with Crippen molar-refractivity contribution in [2.24, 2.45) is 0 Å². The summed E-state index contributed by atoms with van der Waals surface area (Å²) in [6, 6.07) is 3.84. The Bertz CT molecular complexity index is 560. The normalized spacial score (nSPS) is 11.3.